The highest BCUT2D eigenvalue weighted by Crippen LogP contribution is 2.23. The van der Waals surface area contributed by atoms with Crippen LogP contribution in [0.5, 0.6) is 5.75 Å². The summed E-state index contributed by atoms with van der Waals surface area (Å²) in [5, 5.41) is 8.41. The van der Waals surface area contributed by atoms with Crippen LogP contribution in [-0.4, -0.2) is 17.7 Å². The molecule has 0 aliphatic heterocycles. The van der Waals surface area contributed by atoms with E-state index in [2.05, 4.69) is 4.74 Å². The molecule has 0 fully saturated rings. The van der Waals surface area contributed by atoms with Crippen molar-refractivity contribution in [3.8, 4) is 5.75 Å². The number of halogens is 3. The van der Waals surface area contributed by atoms with Crippen molar-refractivity contribution in [1.29, 1.82) is 0 Å². The summed E-state index contributed by atoms with van der Waals surface area (Å²) in [7, 11) is 0. The number of aryl methyl sites for hydroxylation is 1. The van der Waals surface area contributed by atoms with Gasteiger partial charge in [-0.05, 0) is 18.1 Å². The van der Waals surface area contributed by atoms with E-state index in [9.17, 15) is 18.0 Å². The first kappa shape index (κ1) is 12.4. The Morgan fingerprint density at radius 2 is 2.12 bits per heavy atom. The summed E-state index contributed by atoms with van der Waals surface area (Å²) in [6.45, 7) is -3.11. The summed E-state index contributed by atoms with van der Waals surface area (Å²) in [6, 6.07) is 3.72. The Morgan fingerprint density at radius 1 is 1.44 bits per heavy atom. The second-order valence-electron chi connectivity index (χ2n) is 3.00. The van der Waals surface area contributed by atoms with Gasteiger partial charge in [0, 0.05) is 6.42 Å². The van der Waals surface area contributed by atoms with E-state index in [-0.39, 0.29) is 18.4 Å². The van der Waals surface area contributed by atoms with E-state index >= 15 is 0 Å². The summed E-state index contributed by atoms with van der Waals surface area (Å²) < 4.78 is 41.1. The van der Waals surface area contributed by atoms with E-state index in [4.69, 9.17) is 5.11 Å². The number of carboxylic acid groups (broad SMARTS) is 1. The number of alkyl halides is 2. The topological polar surface area (TPSA) is 46.5 Å². The highest BCUT2D eigenvalue weighted by atomic mass is 19.3. The molecule has 0 saturated heterocycles. The lowest BCUT2D eigenvalue weighted by Gasteiger charge is -2.08. The van der Waals surface area contributed by atoms with Crippen molar-refractivity contribution in [3.05, 3.63) is 29.6 Å². The van der Waals surface area contributed by atoms with E-state index < -0.39 is 24.1 Å². The van der Waals surface area contributed by atoms with Crippen molar-refractivity contribution in [3.63, 3.8) is 0 Å². The Bertz CT molecular complexity index is 380. The van der Waals surface area contributed by atoms with Crippen molar-refractivity contribution in [2.24, 2.45) is 0 Å². The molecule has 1 aromatic carbocycles. The number of hydrogen-bond donors (Lipinski definition) is 1. The van der Waals surface area contributed by atoms with Gasteiger partial charge in [-0.1, -0.05) is 12.1 Å². The summed E-state index contributed by atoms with van der Waals surface area (Å²) in [5.41, 5.74) is 0.0422. The summed E-state index contributed by atoms with van der Waals surface area (Å²) >= 11 is 0. The predicted octanol–water partition coefficient (Wildman–Crippen LogP) is 2.44. The average molecular weight is 234 g/mol. The lowest BCUT2D eigenvalue weighted by Crippen LogP contribution is -2.06. The van der Waals surface area contributed by atoms with Crippen LogP contribution < -0.4 is 4.74 Å². The van der Waals surface area contributed by atoms with Crippen molar-refractivity contribution in [2.75, 3.05) is 0 Å². The van der Waals surface area contributed by atoms with Crippen molar-refractivity contribution in [1.82, 2.24) is 0 Å². The van der Waals surface area contributed by atoms with Gasteiger partial charge in [0.1, 0.15) is 0 Å². The van der Waals surface area contributed by atoms with Crippen LogP contribution >= 0.6 is 0 Å². The Balaban J connectivity index is 2.81. The maximum atomic E-state index is 13.4. The minimum absolute atomic E-state index is 0.0422. The molecule has 0 unspecified atom stereocenters. The molecule has 1 aromatic rings. The molecule has 0 atom stereocenters. The van der Waals surface area contributed by atoms with E-state index in [1.807, 2.05) is 0 Å². The zero-order chi connectivity index (χ0) is 12.1. The monoisotopic (exact) mass is 234 g/mol. The van der Waals surface area contributed by atoms with Gasteiger partial charge in [0.25, 0.3) is 0 Å². The molecule has 1 rings (SSSR count). The second-order valence-corrected chi connectivity index (χ2v) is 3.00. The molecule has 0 amide bonds. The fourth-order valence-corrected chi connectivity index (χ4v) is 1.18. The SMILES string of the molecule is O=C(O)CCc1cccc(OC(F)F)c1F. The molecule has 0 saturated carbocycles. The van der Waals surface area contributed by atoms with Gasteiger partial charge in [-0.3, -0.25) is 4.79 Å². The quantitative estimate of drug-likeness (QED) is 0.851. The first-order valence-electron chi connectivity index (χ1n) is 4.44. The summed E-state index contributed by atoms with van der Waals surface area (Å²) in [4.78, 5) is 10.3. The maximum absolute atomic E-state index is 13.4. The van der Waals surface area contributed by atoms with E-state index in [1.54, 1.807) is 0 Å². The molecule has 1 N–H and O–H groups in total. The fraction of sp³-hybridized carbons (Fsp3) is 0.300. The number of carbonyl (C=O) groups is 1. The van der Waals surface area contributed by atoms with Crippen LogP contribution in [0.2, 0.25) is 0 Å². The van der Waals surface area contributed by atoms with Gasteiger partial charge >= 0.3 is 12.6 Å². The highest BCUT2D eigenvalue weighted by Gasteiger charge is 2.13. The third kappa shape index (κ3) is 3.45. The molecular formula is C10H9F3O3. The van der Waals surface area contributed by atoms with Crippen molar-refractivity contribution >= 4 is 5.97 Å². The molecule has 0 aromatic heterocycles. The minimum atomic E-state index is -3.11. The van der Waals surface area contributed by atoms with Gasteiger partial charge in [-0.15, -0.1) is 0 Å². The predicted molar refractivity (Wildman–Crippen MR) is 49.0 cm³/mol. The molecular weight excluding hydrogens is 225 g/mol. The average Bonchev–Trinajstić information content (AvgIpc) is 2.18. The molecule has 0 bridgehead atoms. The number of rotatable bonds is 5. The van der Waals surface area contributed by atoms with E-state index in [0.29, 0.717) is 0 Å². The van der Waals surface area contributed by atoms with Crippen LogP contribution in [-0.2, 0) is 11.2 Å². The zero-order valence-electron chi connectivity index (χ0n) is 8.12. The lowest BCUT2D eigenvalue weighted by atomic mass is 10.1. The second kappa shape index (κ2) is 5.39. The molecule has 6 heteroatoms. The fourth-order valence-electron chi connectivity index (χ4n) is 1.18. The molecule has 0 aliphatic carbocycles. The van der Waals surface area contributed by atoms with Crippen LogP contribution in [0.4, 0.5) is 13.2 Å². The third-order valence-electron chi connectivity index (χ3n) is 1.87. The first-order chi connectivity index (χ1) is 7.50. The largest absolute Gasteiger partial charge is 0.481 e. The maximum Gasteiger partial charge on any atom is 0.387 e. The molecule has 3 nitrogen and oxygen atoms in total. The lowest BCUT2D eigenvalue weighted by molar-refractivity contribution is -0.136. The number of aliphatic carboxylic acids is 1. The Hall–Kier alpha value is -1.72. The van der Waals surface area contributed by atoms with Gasteiger partial charge in [0.05, 0.1) is 0 Å². The normalized spacial score (nSPS) is 10.5. The molecule has 0 aliphatic rings. The zero-order valence-corrected chi connectivity index (χ0v) is 8.12. The number of carboxylic acids is 1. The van der Waals surface area contributed by atoms with Crippen molar-refractivity contribution in [2.45, 2.75) is 19.5 Å². The third-order valence-corrected chi connectivity index (χ3v) is 1.87. The molecule has 0 heterocycles. The minimum Gasteiger partial charge on any atom is -0.481 e. The van der Waals surface area contributed by atoms with Gasteiger partial charge in [-0.2, -0.15) is 8.78 Å². The summed E-state index contributed by atoms with van der Waals surface area (Å²) in [5.74, 6) is -2.60. The van der Waals surface area contributed by atoms with Crippen LogP contribution in [0.25, 0.3) is 0 Å². The van der Waals surface area contributed by atoms with E-state index in [1.165, 1.54) is 12.1 Å². The Labute approximate surface area is 89.5 Å². The van der Waals surface area contributed by atoms with Gasteiger partial charge < -0.3 is 9.84 Å². The number of benzene rings is 1. The van der Waals surface area contributed by atoms with Gasteiger partial charge in [-0.25, -0.2) is 4.39 Å². The number of ether oxygens (including phenoxy) is 1. The molecule has 0 spiro atoms. The van der Waals surface area contributed by atoms with E-state index in [0.717, 1.165) is 6.07 Å². The van der Waals surface area contributed by atoms with Gasteiger partial charge in [0.2, 0.25) is 0 Å². The first-order valence-corrected chi connectivity index (χ1v) is 4.44. The molecule has 0 radical (unpaired) electrons. The van der Waals surface area contributed by atoms with Crippen LogP contribution in [0, 0.1) is 5.82 Å². The van der Waals surface area contributed by atoms with Crippen LogP contribution in [0.3, 0.4) is 0 Å². The van der Waals surface area contributed by atoms with Crippen LogP contribution in [0.15, 0.2) is 18.2 Å². The van der Waals surface area contributed by atoms with Crippen LogP contribution in [0.1, 0.15) is 12.0 Å². The van der Waals surface area contributed by atoms with Gasteiger partial charge in [0.15, 0.2) is 11.6 Å². The molecule has 88 valence electrons. The Morgan fingerprint density at radius 3 is 2.69 bits per heavy atom. The Kier molecular flexibility index (Phi) is 4.16. The smallest absolute Gasteiger partial charge is 0.387 e. The summed E-state index contributed by atoms with van der Waals surface area (Å²) in [6.07, 6.45) is -0.337. The standard InChI is InChI=1S/C10H9F3O3/c11-9-6(4-5-8(14)15)2-1-3-7(9)16-10(12)13/h1-3,10H,4-5H2,(H,14,15). The molecule has 16 heavy (non-hydrogen) atoms. The highest BCUT2D eigenvalue weighted by molar-refractivity contribution is 5.67. The number of hydrogen-bond acceptors (Lipinski definition) is 2. The van der Waals surface area contributed by atoms with Crippen molar-refractivity contribution < 1.29 is 27.8 Å².